The number of aliphatic hydroxyl groups excluding tert-OH is 2. The molecular weight excluding hydrogens is 415 g/mol. The van der Waals surface area contributed by atoms with Gasteiger partial charge in [-0.15, -0.1) is 0 Å². The van der Waals surface area contributed by atoms with Gasteiger partial charge < -0.3 is 30.5 Å². The fraction of sp³-hybridized carbons (Fsp3) is 0.435. The van der Waals surface area contributed by atoms with Gasteiger partial charge in [-0.1, -0.05) is 18.2 Å². The van der Waals surface area contributed by atoms with Crippen molar-refractivity contribution in [3.05, 3.63) is 60.4 Å². The van der Waals surface area contributed by atoms with Gasteiger partial charge in [-0.05, 0) is 36.4 Å². The Hall–Kier alpha value is -2.72. The van der Waals surface area contributed by atoms with Crippen molar-refractivity contribution >= 4 is 17.4 Å². The smallest absolute Gasteiger partial charge is 0.319 e. The first kappa shape index (κ1) is 22.5. The lowest BCUT2D eigenvalue weighted by Gasteiger charge is -2.41. The third kappa shape index (κ3) is 5.18. The molecule has 2 heterocycles. The number of piperazine rings is 1. The molecule has 2 fully saturated rings. The second kappa shape index (κ2) is 10.3. The minimum Gasteiger partial charge on any atom is -0.394 e. The van der Waals surface area contributed by atoms with E-state index in [9.17, 15) is 19.4 Å². The summed E-state index contributed by atoms with van der Waals surface area (Å²) in [5.74, 6) is -0.264. The molecule has 172 valence electrons. The highest BCUT2D eigenvalue weighted by Crippen LogP contribution is 2.27. The zero-order chi connectivity index (χ0) is 22.5. The molecule has 2 aromatic carbocycles. The molecule has 9 heteroatoms. The molecule has 2 aliphatic heterocycles. The molecule has 0 unspecified atom stereocenters. The van der Waals surface area contributed by atoms with Crippen molar-refractivity contribution in [2.24, 2.45) is 0 Å². The quantitative estimate of drug-likeness (QED) is 0.536. The Bertz CT molecular complexity index is 877. The lowest BCUT2D eigenvalue weighted by Crippen LogP contribution is -2.57. The number of benzene rings is 2. The van der Waals surface area contributed by atoms with Crippen LogP contribution < -0.4 is 15.5 Å². The summed E-state index contributed by atoms with van der Waals surface area (Å²) < 4.78 is 19.1. The summed E-state index contributed by atoms with van der Waals surface area (Å²) in [4.78, 5) is 16.6. The van der Waals surface area contributed by atoms with Crippen LogP contribution in [0.2, 0.25) is 0 Å². The van der Waals surface area contributed by atoms with E-state index in [0.717, 1.165) is 5.69 Å². The first-order valence-corrected chi connectivity index (χ1v) is 10.8. The summed E-state index contributed by atoms with van der Waals surface area (Å²) >= 11 is 0. The summed E-state index contributed by atoms with van der Waals surface area (Å²) in [6, 6.07) is 14.8. The normalized spacial score (nSPS) is 26.2. The lowest BCUT2D eigenvalue weighted by molar-refractivity contribution is -0.0205. The van der Waals surface area contributed by atoms with Crippen LogP contribution >= 0.6 is 0 Å². The van der Waals surface area contributed by atoms with Gasteiger partial charge in [-0.2, -0.15) is 0 Å². The van der Waals surface area contributed by atoms with E-state index in [0.29, 0.717) is 31.9 Å². The first-order chi connectivity index (χ1) is 15.5. The van der Waals surface area contributed by atoms with Crippen molar-refractivity contribution in [2.45, 2.75) is 24.4 Å². The van der Waals surface area contributed by atoms with Crippen molar-refractivity contribution in [1.82, 2.24) is 10.2 Å². The molecule has 32 heavy (non-hydrogen) atoms. The maximum atomic E-state index is 13.2. The lowest BCUT2D eigenvalue weighted by atomic mass is 10.0. The van der Waals surface area contributed by atoms with E-state index in [2.05, 4.69) is 20.4 Å². The second-order valence-corrected chi connectivity index (χ2v) is 8.08. The number of carbonyl (C=O) groups is 1. The molecule has 2 amide bonds. The highest BCUT2D eigenvalue weighted by Gasteiger charge is 2.46. The molecule has 0 bridgehead atoms. The van der Waals surface area contributed by atoms with E-state index in [4.69, 9.17) is 4.74 Å². The molecule has 0 spiro atoms. The molecular formula is C23H29FN4O4. The number of anilines is 2. The summed E-state index contributed by atoms with van der Waals surface area (Å²) in [5.41, 5.74) is 1.64. The summed E-state index contributed by atoms with van der Waals surface area (Å²) in [6.07, 6.45) is -2.01. The van der Waals surface area contributed by atoms with Gasteiger partial charge in [-0.25, -0.2) is 9.18 Å². The molecule has 4 atom stereocenters. The summed E-state index contributed by atoms with van der Waals surface area (Å²) in [7, 11) is 0. The fourth-order valence-corrected chi connectivity index (χ4v) is 4.42. The number of rotatable bonds is 6. The molecule has 0 saturated carbocycles. The molecule has 4 rings (SSSR count). The first-order valence-electron chi connectivity index (χ1n) is 10.8. The molecule has 4 N–H and O–H groups in total. The summed E-state index contributed by atoms with van der Waals surface area (Å²) in [6.45, 7) is 2.69. The minimum absolute atomic E-state index is 0.203. The predicted molar refractivity (Wildman–Crippen MR) is 119 cm³/mol. The monoisotopic (exact) mass is 444 g/mol. The van der Waals surface area contributed by atoms with E-state index in [1.165, 1.54) is 12.1 Å². The van der Waals surface area contributed by atoms with E-state index < -0.39 is 18.3 Å². The van der Waals surface area contributed by atoms with Gasteiger partial charge in [0.15, 0.2) is 0 Å². The van der Waals surface area contributed by atoms with Gasteiger partial charge in [0.2, 0.25) is 0 Å². The van der Waals surface area contributed by atoms with Gasteiger partial charge in [0, 0.05) is 44.1 Å². The van der Waals surface area contributed by atoms with E-state index in [1.807, 2.05) is 18.2 Å². The highest BCUT2D eigenvalue weighted by atomic mass is 19.1. The van der Waals surface area contributed by atoms with Crippen LogP contribution in [0.4, 0.5) is 20.6 Å². The molecule has 2 aliphatic rings. The Balaban J connectivity index is 1.35. The topological polar surface area (TPSA) is 97.3 Å². The third-order valence-corrected chi connectivity index (χ3v) is 6.06. The standard InChI is InChI=1S/C23H29FN4O4/c24-16-6-8-18(9-7-16)27-10-12-28(13-11-27)21-19(32-20(15-29)22(21)30)14-25-23(31)26-17-4-2-1-3-5-17/h1-9,19-22,29-30H,10-15H2,(H2,25,26,31)/t19-,20-,21-,22+/m0/s1. The van der Waals surface area contributed by atoms with Crippen LogP contribution in [-0.2, 0) is 4.74 Å². The number of ether oxygens (including phenoxy) is 1. The van der Waals surface area contributed by atoms with Gasteiger partial charge in [0.25, 0.3) is 0 Å². The fourth-order valence-electron chi connectivity index (χ4n) is 4.42. The van der Waals surface area contributed by atoms with Crippen molar-refractivity contribution in [2.75, 3.05) is 49.5 Å². The predicted octanol–water partition coefficient (Wildman–Crippen LogP) is 1.26. The molecule has 2 aromatic rings. The average Bonchev–Trinajstić information content (AvgIpc) is 3.14. The Morgan fingerprint density at radius 1 is 1.03 bits per heavy atom. The Morgan fingerprint density at radius 3 is 2.38 bits per heavy atom. The number of aliphatic hydroxyl groups is 2. The van der Waals surface area contributed by atoms with E-state index in [1.54, 1.807) is 24.3 Å². The number of hydrogen-bond donors (Lipinski definition) is 4. The van der Waals surface area contributed by atoms with Crippen LogP contribution in [0.1, 0.15) is 0 Å². The Morgan fingerprint density at radius 2 is 1.72 bits per heavy atom. The molecule has 2 saturated heterocycles. The van der Waals surface area contributed by atoms with Gasteiger partial charge in [-0.3, -0.25) is 4.90 Å². The maximum Gasteiger partial charge on any atom is 0.319 e. The van der Waals surface area contributed by atoms with Crippen LogP contribution in [0.25, 0.3) is 0 Å². The van der Waals surface area contributed by atoms with Crippen LogP contribution in [0.15, 0.2) is 54.6 Å². The van der Waals surface area contributed by atoms with Crippen molar-refractivity contribution < 1.29 is 24.1 Å². The molecule has 8 nitrogen and oxygen atoms in total. The van der Waals surface area contributed by atoms with Crippen molar-refractivity contribution in [1.29, 1.82) is 0 Å². The van der Waals surface area contributed by atoms with E-state index >= 15 is 0 Å². The molecule has 0 radical (unpaired) electrons. The van der Waals surface area contributed by atoms with E-state index in [-0.39, 0.29) is 31.0 Å². The largest absolute Gasteiger partial charge is 0.394 e. The molecule has 0 aromatic heterocycles. The van der Waals surface area contributed by atoms with Crippen LogP contribution in [0, 0.1) is 5.82 Å². The number of amides is 2. The van der Waals surface area contributed by atoms with Crippen LogP contribution in [0.3, 0.4) is 0 Å². The number of hydrogen-bond acceptors (Lipinski definition) is 6. The minimum atomic E-state index is -0.860. The molecule has 0 aliphatic carbocycles. The van der Waals surface area contributed by atoms with Gasteiger partial charge in [0.1, 0.15) is 18.0 Å². The number of carbonyl (C=O) groups excluding carboxylic acids is 1. The number of nitrogens with one attached hydrogen (secondary N) is 2. The number of urea groups is 1. The average molecular weight is 445 g/mol. The number of halogens is 1. The summed E-state index contributed by atoms with van der Waals surface area (Å²) in [5, 5.41) is 26.0. The zero-order valence-electron chi connectivity index (χ0n) is 17.7. The highest BCUT2D eigenvalue weighted by molar-refractivity contribution is 5.89. The van der Waals surface area contributed by atoms with Crippen molar-refractivity contribution in [3.8, 4) is 0 Å². The van der Waals surface area contributed by atoms with Crippen LogP contribution in [0.5, 0.6) is 0 Å². The third-order valence-electron chi connectivity index (χ3n) is 6.06. The second-order valence-electron chi connectivity index (χ2n) is 8.08. The van der Waals surface area contributed by atoms with Gasteiger partial charge >= 0.3 is 6.03 Å². The maximum absolute atomic E-state index is 13.2. The number of nitrogens with zero attached hydrogens (tertiary/aromatic N) is 2. The van der Waals surface area contributed by atoms with Gasteiger partial charge in [0.05, 0.1) is 18.8 Å². The van der Waals surface area contributed by atoms with Crippen molar-refractivity contribution in [3.63, 3.8) is 0 Å². The van der Waals surface area contributed by atoms with Crippen LogP contribution in [-0.4, -0.2) is 84.8 Å². The SMILES string of the molecule is O=C(NC[C@@H]1O[C@@H](CO)[C@@H](O)[C@H]1N1CCN(c2ccc(F)cc2)CC1)Nc1ccccc1. The number of para-hydroxylation sites is 1. The Labute approximate surface area is 186 Å². The zero-order valence-corrected chi connectivity index (χ0v) is 17.7. The Kier molecular flexibility index (Phi) is 7.21.